The van der Waals surface area contributed by atoms with Crippen LogP contribution in [0, 0.1) is 0 Å². The van der Waals surface area contributed by atoms with Crippen LogP contribution in [0.25, 0.3) is 23.1 Å². The second kappa shape index (κ2) is 9.49. The summed E-state index contributed by atoms with van der Waals surface area (Å²) < 4.78 is 12.5. The van der Waals surface area contributed by atoms with Gasteiger partial charge in [0.1, 0.15) is 17.3 Å². The quantitative estimate of drug-likeness (QED) is 0.481. The molecule has 0 radical (unpaired) electrons. The minimum absolute atomic E-state index is 0.0917. The first-order valence-corrected chi connectivity index (χ1v) is 10.3. The molecule has 4 aromatic rings. The standard InChI is InChI=1S/C26H25N3O3/c1-31-21-11-12-24(32-2)20(15-21)10-13-25-28-23-9-4-3-8-22(23)26(30)29(25)17-19-7-5-6-18(14-19)16-27/h3-15H,16-17,27H2,1-2H3. The van der Waals surface area contributed by atoms with Crippen LogP contribution in [0.2, 0.25) is 0 Å². The van der Waals surface area contributed by atoms with Gasteiger partial charge in [-0.2, -0.15) is 0 Å². The van der Waals surface area contributed by atoms with Crippen molar-refractivity contribution in [3.63, 3.8) is 0 Å². The second-order valence-electron chi connectivity index (χ2n) is 7.34. The van der Waals surface area contributed by atoms with E-state index in [9.17, 15) is 4.79 Å². The van der Waals surface area contributed by atoms with Gasteiger partial charge in [0.05, 0.1) is 31.7 Å². The van der Waals surface area contributed by atoms with Crippen molar-refractivity contribution in [1.29, 1.82) is 0 Å². The zero-order chi connectivity index (χ0) is 22.5. The maximum Gasteiger partial charge on any atom is 0.261 e. The van der Waals surface area contributed by atoms with Crippen LogP contribution in [0.15, 0.2) is 71.5 Å². The van der Waals surface area contributed by atoms with Gasteiger partial charge < -0.3 is 15.2 Å². The molecule has 1 aromatic heterocycles. The van der Waals surface area contributed by atoms with Crippen LogP contribution in [0.5, 0.6) is 11.5 Å². The van der Waals surface area contributed by atoms with Crippen LogP contribution in [0.4, 0.5) is 0 Å². The molecule has 6 heteroatoms. The molecule has 0 aliphatic rings. The molecule has 0 bridgehead atoms. The summed E-state index contributed by atoms with van der Waals surface area (Å²) in [6.07, 6.45) is 3.71. The molecule has 162 valence electrons. The smallest absolute Gasteiger partial charge is 0.261 e. The summed E-state index contributed by atoms with van der Waals surface area (Å²) in [5.41, 5.74) is 9.19. The number of hydrogen-bond donors (Lipinski definition) is 1. The Labute approximate surface area is 186 Å². The Hall–Kier alpha value is -3.90. The number of aromatic nitrogens is 2. The lowest BCUT2D eigenvalue weighted by Gasteiger charge is -2.13. The molecule has 4 rings (SSSR count). The molecular formula is C26H25N3O3. The maximum absolute atomic E-state index is 13.4. The van der Waals surface area contributed by atoms with Gasteiger partial charge in [0.15, 0.2) is 0 Å². The third-order valence-electron chi connectivity index (χ3n) is 5.31. The normalized spacial score (nSPS) is 11.2. The largest absolute Gasteiger partial charge is 0.497 e. The summed E-state index contributed by atoms with van der Waals surface area (Å²) in [6, 6.07) is 20.9. The first kappa shape index (κ1) is 21.3. The Morgan fingerprint density at radius 2 is 1.75 bits per heavy atom. The van der Waals surface area contributed by atoms with Gasteiger partial charge in [-0.1, -0.05) is 36.4 Å². The number of nitrogens with two attached hydrogens (primary N) is 1. The van der Waals surface area contributed by atoms with Gasteiger partial charge >= 0.3 is 0 Å². The molecule has 0 aliphatic carbocycles. The van der Waals surface area contributed by atoms with Gasteiger partial charge in [0, 0.05) is 12.1 Å². The van der Waals surface area contributed by atoms with E-state index in [0.717, 1.165) is 16.7 Å². The van der Waals surface area contributed by atoms with E-state index in [1.54, 1.807) is 24.9 Å². The summed E-state index contributed by atoms with van der Waals surface area (Å²) in [7, 11) is 3.24. The molecule has 0 saturated carbocycles. The maximum atomic E-state index is 13.4. The van der Waals surface area contributed by atoms with Gasteiger partial charge in [0.25, 0.3) is 5.56 Å². The fraction of sp³-hybridized carbons (Fsp3) is 0.154. The van der Waals surface area contributed by atoms with E-state index in [1.165, 1.54) is 0 Å². The van der Waals surface area contributed by atoms with E-state index in [1.807, 2.05) is 72.8 Å². The molecule has 0 fully saturated rings. The topological polar surface area (TPSA) is 79.4 Å². The van der Waals surface area contributed by atoms with Crippen LogP contribution < -0.4 is 20.8 Å². The lowest BCUT2D eigenvalue weighted by molar-refractivity contribution is 0.402. The lowest BCUT2D eigenvalue weighted by Crippen LogP contribution is -2.24. The van der Waals surface area contributed by atoms with Crippen LogP contribution >= 0.6 is 0 Å². The van der Waals surface area contributed by atoms with Crippen molar-refractivity contribution in [2.45, 2.75) is 13.1 Å². The Balaban J connectivity index is 1.84. The third-order valence-corrected chi connectivity index (χ3v) is 5.31. The number of benzene rings is 3. The number of ether oxygens (including phenoxy) is 2. The molecule has 32 heavy (non-hydrogen) atoms. The number of hydrogen-bond acceptors (Lipinski definition) is 5. The highest BCUT2D eigenvalue weighted by molar-refractivity contribution is 5.80. The highest BCUT2D eigenvalue weighted by Gasteiger charge is 2.11. The molecule has 2 N–H and O–H groups in total. The van der Waals surface area contributed by atoms with Gasteiger partial charge in [-0.3, -0.25) is 9.36 Å². The van der Waals surface area contributed by atoms with Crippen molar-refractivity contribution < 1.29 is 9.47 Å². The first-order chi connectivity index (χ1) is 15.6. The monoisotopic (exact) mass is 427 g/mol. The molecule has 1 heterocycles. The highest BCUT2D eigenvalue weighted by atomic mass is 16.5. The van der Waals surface area contributed by atoms with Crippen LogP contribution in [-0.4, -0.2) is 23.8 Å². The van der Waals surface area contributed by atoms with Crippen LogP contribution in [-0.2, 0) is 13.1 Å². The average Bonchev–Trinajstić information content (AvgIpc) is 2.84. The number of rotatable bonds is 7. The minimum Gasteiger partial charge on any atom is -0.497 e. The van der Waals surface area contributed by atoms with E-state index in [-0.39, 0.29) is 5.56 Å². The van der Waals surface area contributed by atoms with E-state index >= 15 is 0 Å². The van der Waals surface area contributed by atoms with E-state index in [4.69, 9.17) is 20.2 Å². The molecule has 0 aliphatic heterocycles. The van der Waals surface area contributed by atoms with E-state index in [2.05, 4.69) is 0 Å². The summed E-state index contributed by atoms with van der Waals surface area (Å²) in [4.78, 5) is 18.1. The van der Waals surface area contributed by atoms with Crippen LogP contribution in [0.3, 0.4) is 0 Å². The molecule has 0 unspecified atom stereocenters. The summed E-state index contributed by atoms with van der Waals surface area (Å²) >= 11 is 0. The fourth-order valence-electron chi connectivity index (χ4n) is 3.64. The predicted molar refractivity (Wildman–Crippen MR) is 128 cm³/mol. The van der Waals surface area contributed by atoms with Crippen molar-refractivity contribution in [2.24, 2.45) is 5.73 Å². The molecular weight excluding hydrogens is 402 g/mol. The van der Waals surface area contributed by atoms with Crippen molar-refractivity contribution in [3.8, 4) is 11.5 Å². The summed E-state index contributed by atoms with van der Waals surface area (Å²) in [5.74, 6) is 1.97. The predicted octanol–water partition coefficient (Wildman–Crippen LogP) is 4.09. The zero-order valence-electron chi connectivity index (χ0n) is 18.1. The summed E-state index contributed by atoms with van der Waals surface area (Å²) in [6.45, 7) is 0.834. The van der Waals surface area contributed by atoms with E-state index in [0.29, 0.717) is 41.3 Å². The Morgan fingerprint density at radius 3 is 2.53 bits per heavy atom. The first-order valence-electron chi connectivity index (χ1n) is 10.3. The molecule has 0 spiro atoms. The zero-order valence-corrected chi connectivity index (χ0v) is 18.1. The molecule has 6 nitrogen and oxygen atoms in total. The number of methoxy groups -OCH3 is 2. The number of fused-ring (bicyclic) bond motifs is 1. The minimum atomic E-state index is -0.0917. The Morgan fingerprint density at radius 1 is 0.938 bits per heavy atom. The van der Waals surface area contributed by atoms with Gasteiger partial charge in [-0.05, 0) is 53.6 Å². The van der Waals surface area contributed by atoms with Crippen molar-refractivity contribution >= 4 is 23.1 Å². The van der Waals surface area contributed by atoms with Crippen molar-refractivity contribution in [3.05, 3.63) is 99.6 Å². The van der Waals surface area contributed by atoms with Gasteiger partial charge in [-0.15, -0.1) is 0 Å². The van der Waals surface area contributed by atoms with Gasteiger partial charge in [-0.25, -0.2) is 4.98 Å². The number of para-hydroxylation sites is 1. The fourth-order valence-corrected chi connectivity index (χ4v) is 3.64. The third kappa shape index (κ3) is 4.40. The molecule has 0 saturated heterocycles. The highest BCUT2D eigenvalue weighted by Crippen LogP contribution is 2.26. The Bertz CT molecular complexity index is 1340. The average molecular weight is 428 g/mol. The van der Waals surface area contributed by atoms with Crippen molar-refractivity contribution in [1.82, 2.24) is 9.55 Å². The van der Waals surface area contributed by atoms with Crippen molar-refractivity contribution in [2.75, 3.05) is 14.2 Å². The van der Waals surface area contributed by atoms with Gasteiger partial charge in [0.2, 0.25) is 0 Å². The molecule has 0 atom stereocenters. The van der Waals surface area contributed by atoms with E-state index < -0.39 is 0 Å². The summed E-state index contributed by atoms with van der Waals surface area (Å²) in [5, 5.41) is 0.582. The SMILES string of the molecule is COc1ccc(OC)c(C=Cc2nc3ccccc3c(=O)n2Cc2cccc(CN)c2)c1. The van der Waals surface area contributed by atoms with Crippen LogP contribution in [0.1, 0.15) is 22.5 Å². The lowest BCUT2D eigenvalue weighted by atomic mass is 10.1. The second-order valence-corrected chi connectivity index (χ2v) is 7.34. The molecule has 0 amide bonds. The Kier molecular flexibility index (Phi) is 6.33. The molecule has 3 aromatic carbocycles. The number of nitrogens with zero attached hydrogens (tertiary/aromatic N) is 2.